The summed E-state index contributed by atoms with van der Waals surface area (Å²) in [4.78, 5) is 38.6. The molecule has 30 heavy (non-hydrogen) atoms. The van der Waals surface area contributed by atoms with Crippen LogP contribution in [0.15, 0.2) is 18.2 Å². The Morgan fingerprint density at radius 2 is 1.93 bits per heavy atom. The first-order valence-corrected chi connectivity index (χ1v) is 10.4. The molecule has 3 atom stereocenters. The van der Waals surface area contributed by atoms with Crippen molar-refractivity contribution in [3.63, 3.8) is 0 Å². The highest BCUT2D eigenvalue weighted by Crippen LogP contribution is 2.36. The summed E-state index contributed by atoms with van der Waals surface area (Å²) in [7, 11) is 3.06. The van der Waals surface area contributed by atoms with Crippen molar-refractivity contribution in [2.24, 2.45) is 11.8 Å². The molecule has 3 rings (SSSR count). The maximum atomic E-state index is 12.5. The van der Waals surface area contributed by atoms with Crippen molar-refractivity contribution >= 4 is 23.5 Å². The molecule has 0 bridgehead atoms. The van der Waals surface area contributed by atoms with Crippen molar-refractivity contribution in [2.75, 3.05) is 32.3 Å². The fourth-order valence-corrected chi connectivity index (χ4v) is 4.14. The zero-order valence-electron chi connectivity index (χ0n) is 17.8. The topological polar surface area (TPSA) is 94.2 Å². The van der Waals surface area contributed by atoms with Crippen LogP contribution < -0.4 is 19.7 Å². The molecule has 0 unspecified atom stereocenters. The zero-order valence-corrected chi connectivity index (χ0v) is 17.8. The van der Waals surface area contributed by atoms with Crippen LogP contribution in [0.4, 0.5) is 5.69 Å². The first-order valence-electron chi connectivity index (χ1n) is 10.4. The van der Waals surface area contributed by atoms with E-state index < -0.39 is 11.9 Å². The Morgan fingerprint density at radius 3 is 2.63 bits per heavy atom. The summed E-state index contributed by atoms with van der Waals surface area (Å²) in [6, 6.07) is 5.27. The van der Waals surface area contributed by atoms with Crippen molar-refractivity contribution in [1.29, 1.82) is 0 Å². The monoisotopic (exact) mass is 418 g/mol. The molecule has 1 N–H and O–H groups in total. The number of ether oxygens (including phenoxy) is 3. The van der Waals surface area contributed by atoms with Gasteiger partial charge >= 0.3 is 5.97 Å². The number of hydrogen-bond donors (Lipinski definition) is 1. The maximum Gasteiger partial charge on any atom is 0.311 e. The number of amides is 2. The second-order valence-electron chi connectivity index (χ2n) is 7.99. The van der Waals surface area contributed by atoms with Gasteiger partial charge in [0.15, 0.2) is 6.61 Å². The normalized spacial score (nSPS) is 23.8. The molecule has 1 aliphatic carbocycles. The average Bonchev–Trinajstić information content (AvgIpc) is 3.14. The Morgan fingerprint density at radius 1 is 1.17 bits per heavy atom. The van der Waals surface area contributed by atoms with E-state index in [0.29, 0.717) is 23.1 Å². The molecular weight excluding hydrogens is 388 g/mol. The van der Waals surface area contributed by atoms with E-state index in [1.54, 1.807) is 25.3 Å². The number of methoxy groups -OCH3 is 2. The quantitative estimate of drug-likeness (QED) is 0.683. The van der Waals surface area contributed by atoms with E-state index in [1.807, 2.05) is 0 Å². The van der Waals surface area contributed by atoms with Crippen molar-refractivity contribution in [1.82, 2.24) is 5.32 Å². The molecular formula is C22H30N2O6. The van der Waals surface area contributed by atoms with Gasteiger partial charge in [-0.05, 0) is 30.9 Å². The molecule has 0 aromatic heterocycles. The molecule has 0 spiro atoms. The van der Waals surface area contributed by atoms with Crippen LogP contribution in [0.2, 0.25) is 0 Å². The molecule has 1 saturated carbocycles. The molecule has 2 amide bonds. The number of nitrogens with zero attached hydrogens (tertiary/aromatic N) is 1. The predicted molar refractivity (Wildman–Crippen MR) is 111 cm³/mol. The first kappa shape index (κ1) is 21.9. The van der Waals surface area contributed by atoms with Crippen molar-refractivity contribution in [3.05, 3.63) is 18.2 Å². The van der Waals surface area contributed by atoms with Gasteiger partial charge in [-0.15, -0.1) is 0 Å². The summed E-state index contributed by atoms with van der Waals surface area (Å²) in [5.41, 5.74) is 0.572. The zero-order chi connectivity index (χ0) is 21.7. The first-order chi connectivity index (χ1) is 14.4. The fourth-order valence-electron chi connectivity index (χ4n) is 4.14. The molecule has 0 radical (unpaired) electrons. The number of benzene rings is 1. The van der Waals surface area contributed by atoms with Crippen LogP contribution in [0.5, 0.6) is 11.5 Å². The number of anilines is 1. The minimum Gasteiger partial charge on any atom is -0.497 e. The summed E-state index contributed by atoms with van der Waals surface area (Å²) >= 11 is 0. The second-order valence-corrected chi connectivity index (χ2v) is 7.99. The van der Waals surface area contributed by atoms with Crippen LogP contribution in [-0.4, -0.2) is 51.2 Å². The molecule has 8 heteroatoms. The van der Waals surface area contributed by atoms with Crippen LogP contribution in [-0.2, 0) is 19.1 Å². The van der Waals surface area contributed by atoms with Crippen molar-refractivity contribution < 1.29 is 28.6 Å². The summed E-state index contributed by atoms with van der Waals surface area (Å²) in [6.07, 6.45) is 4.38. The molecule has 1 aromatic rings. The average molecular weight is 418 g/mol. The number of rotatable bonds is 7. The number of nitrogens with one attached hydrogen (secondary N) is 1. The highest BCUT2D eigenvalue weighted by atomic mass is 16.5. The highest BCUT2D eigenvalue weighted by Gasteiger charge is 2.37. The van der Waals surface area contributed by atoms with Crippen LogP contribution in [0.25, 0.3) is 0 Å². The minimum absolute atomic E-state index is 0.0370. The minimum atomic E-state index is -0.620. The van der Waals surface area contributed by atoms with Gasteiger partial charge in [-0.1, -0.05) is 19.8 Å². The molecule has 1 heterocycles. The standard InChI is InChI=1S/C22H30N2O6/c1-14-6-4-5-7-17(14)23-20(25)13-30-22(27)15-10-21(26)24(12-15)18-9-8-16(28-2)11-19(18)29-3/h8-9,11,14-15,17H,4-7,10,12-13H2,1-3H3,(H,23,25)/t14-,15+,17-/m0/s1. The third kappa shape index (κ3) is 5.04. The van der Waals surface area contributed by atoms with Gasteiger partial charge in [0.05, 0.1) is 25.8 Å². The van der Waals surface area contributed by atoms with Gasteiger partial charge in [-0.3, -0.25) is 14.4 Å². The van der Waals surface area contributed by atoms with Crippen LogP contribution in [0.3, 0.4) is 0 Å². The lowest BCUT2D eigenvalue weighted by atomic mass is 9.86. The summed E-state index contributed by atoms with van der Waals surface area (Å²) in [5.74, 6) is -0.120. The predicted octanol–water partition coefficient (Wildman–Crippen LogP) is 2.29. The van der Waals surface area contributed by atoms with Gasteiger partial charge in [-0.2, -0.15) is 0 Å². The van der Waals surface area contributed by atoms with Gasteiger partial charge in [0.1, 0.15) is 11.5 Å². The summed E-state index contributed by atoms with van der Waals surface area (Å²) in [6.45, 7) is 1.99. The smallest absolute Gasteiger partial charge is 0.311 e. The van der Waals surface area contributed by atoms with E-state index in [0.717, 1.165) is 19.3 Å². The molecule has 1 saturated heterocycles. The van der Waals surface area contributed by atoms with Gasteiger partial charge in [0.2, 0.25) is 5.91 Å². The molecule has 164 valence electrons. The lowest BCUT2D eigenvalue weighted by molar-refractivity contribution is -0.152. The Hall–Kier alpha value is -2.77. The number of carbonyl (C=O) groups is 3. The van der Waals surface area contributed by atoms with Gasteiger partial charge < -0.3 is 24.4 Å². The molecule has 1 aliphatic heterocycles. The summed E-state index contributed by atoms with van der Waals surface area (Å²) < 4.78 is 15.8. The van der Waals surface area contributed by atoms with Crippen LogP contribution in [0, 0.1) is 11.8 Å². The number of esters is 1. The van der Waals surface area contributed by atoms with Crippen molar-refractivity contribution in [2.45, 2.75) is 45.1 Å². The molecule has 8 nitrogen and oxygen atoms in total. The van der Waals surface area contributed by atoms with E-state index >= 15 is 0 Å². The van der Waals surface area contributed by atoms with E-state index in [9.17, 15) is 14.4 Å². The highest BCUT2D eigenvalue weighted by molar-refractivity contribution is 6.00. The van der Waals surface area contributed by atoms with Gasteiger partial charge in [0.25, 0.3) is 5.91 Å². The Balaban J connectivity index is 1.54. The van der Waals surface area contributed by atoms with Crippen LogP contribution in [0.1, 0.15) is 39.0 Å². The third-order valence-corrected chi connectivity index (χ3v) is 5.94. The van der Waals surface area contributed by atoms with E-state index in [2.05, 4.69) is 12.2 Å². The third-order valence-electron chi connectivity index (χ3n) is 5.94. The lowest BCUT2D eigenvalue weighted by Crippen LogP contribution is -2.43. The number of carbonyl (C=O) groups excluding carboxylic acids is 3. The largest absolute Gasteiger partial charge is 0.497 e. The van der Waals surface area contributed by atoms with Crippen LogP contribution >= 0.6 is 0 Å². The van der Waals surface area contributed by atoms with Crippen molar-refractivity contribution in [3.8, 4) is 11.5 Å². The van der Waals surface area contributed by atoms with E-state index in [4.69, 9.17) is 14.2 Å². The lowest BCUT2D eigenvalue weighted by Gasteiger charge is -2.29. The Labute approximate surface area is 176 Å². The van der Waals surface area contributed by atoms with Gasteiger partial charge in [-0.25, -0.2) is 0 Å². The van der Waals surface area contributed by atoms with E-state index in [-0.39, 0.29) is 37.4 Å². The molecule has 2 aliphatic rings. The maximum absolute atomic E-state index is 12.5. The summed E-state index contributed by atoms with van der Waals surface area (Å²) in [5, 5.41) is 2.96. The second kappa shape index (κ2) is 9.82. The van der Waals surface area contributed by atoms with Gasteiger partial charge in [0, 0.05) is 25.1 Å². The molecule has 2 fully saturated rings. The van der Waals surface area contributed by atoms with E-state index in [1.165, 1.54) is 18.4 Å². The SMILES string of the molecule is COc1ccc(N2C[C@H](C(=O)OCC(=O)N[C@H]3CCCC[C@@H]3C)CC2=O)c(OC)c1. The molecule has 1 aromatic carbocycles. The number of hydrogen-bond acceptors (Lipinski definition) is 6. The Kier molecular flexibility index (Phi) is 7.18. The Bertz CT molecular complexity index is 796. The fraction of sp³-hybridized carbons (Fsp3) is 0.591.